The highest BCUT2D eigenvalue weighted by molar-refractivity contribution is 5.27. The number of nitrogens with one attached hydrogen (secondary N) is 1. The van der Waals surface area contributed by atoms with Crippen LogP contribution in [0.2, 0.25) is 0 Å². The summed E-state index contributed by atoms with van der Waals surface area (Å²) in [5, 5.41) is 3.57. The molecule has 20 heavy (non-hydrogen) atoms. The molecule has 1 aromatic rings. The quantitative estimate of drug-likeness (QED) is 0.724. The van der Waals surface area contributed by atoms with Crippen molar-refractivity contribution < 1.29 is 4.39 Å². The average Bonchev–Trinajstić information content (AvgIpc) is 2.96. The summed E-state index contributed by atoms with van der Waals surface area (Å²) in [4.78, 5) is 0. The van der Waals surface area contributed by atoms with Gasteiger partial charge in [-0.3, -0.25) is 0 Å². The topological polar surface area (TPSA) is 12.0 Å². The Morgan fingerprint density at radius 3 is 2.75 bits per heavy atom. The first-order valence-corrected chi connectivity index (χ1v) is 8.16. The third-order valence-corrected chi connectivity index (χ3v) is 4.69. The minimum atomic E-state index is -0.0997. The van der Waals surface area contributed by atoms with E-state index in [1.807, 2.05) is 6.07 Å². The molecule has 1 atom stereocenters. The fourth-order valence-electron chi connectivity index (χ4n) is 3.44. The molecule has 0 spiro atoms. The molecule has 0 saturated heterocycles. The monoisotopic (exact) mass is 277 g/mol. The van der Waals surface area contributed by atoms with Gasteiger partial charge in [-0.2, -0.15) is 0 Å². The number of hydrogen-bond acceptors (Lipinski definition) is 1. The van der Waals surface area contributed by atoms with Crippen LogP contribution in [0.15, 0.2) is 18.2 Å². The van der Waals surface area contributed by atoms with Crippen LogP contribution in [0.4, 0.5) is 4.39 Å². The van der Waals surface area contributed by atoms with E-state index in [-0.39, 0.29) is 5.82 Å². The van der Waals surface area contributed by atoms with Crippen LogP contribution in [0.3, 0.4) is 0 Å². The SMILES string of the molecule is CCCNCC(Cc1cc(F)ccc1C)C1CCCC1. The normalized spacial score (nSPS) is 17.6. The predicted molar refractivity (Wildman–Crippen MR) is 83.4 cm³/mol. The molecule has 1 nitrogen and oxygen atoms in total. The number of halogens is 1. The summed E-state index contributed by atoms with van der Waals surface area (Å²) in [6.45, 7) is 6.47. The van der Waals surface area contributed by atoms with Gasteiger partial charge in [-0.1, -0.05) is 38.7 Å². The Morgan fingerprint density at radius 1 is 1.30 bits per heavy atom. The molecule has 1 aliphatic carbocycles. The smallest absolute Gasteiger partial charge is 0.123 e. The molecule has 1 N–H and O–H groups in total. The summed E-state index contributed by atoms with van der Waals surface area (Å²) in [6, 6.07) is 5.21. The van der Waals surface area contributed by atoms with Crippen molar-refractivity contribution in [2.75, 3.05) is 13.1 Å². The van der Waals surface area contributed by atoms with Crippen LogP contribution in [0, 0.1) is 24.6 Å². The first-order chi connectivity index (χ1) is 9.70. The van der Waals surface area contributed by atoms with Crippen molar-refractivity contribution >= 4 is 0 Å². The fourth-order valence-corrected chi connectivity index (χ4v) is 3.44. The Hall–Kier alpha value is -0.890. The van der Waals surface area contributed by atoms with Crippen LogP contribution in [0.5, 0.6) is 0 Å². The van der Waals surface area contributed by atoms with Gasteiger partial charge in [-0.05, 0) is 68.0 Å². The van der Waals surface area contributed by atoms with E-state index < -0.39 is 0 Å². The Balaban J connectivity index is 2.03. The highest BCUT2D eigenvalue weighted by atomic mass is 19.1. The molecule has 2 rings (SSSR count). The molecule has 1 aliphatic rings. The summed E-state index contributed by atoms with van der Waals surface area (Å²) < 4.78 is 13.5. The van der Waals surface area contributed by atoms with Gasteiger partial charge in [0.25, 0.3) is 0 Å². The zero-order valence-electron chi connectivity index (χ0n) is 12.9. The van der Waals surface area contributed by atoms with Gasteiger partial charge in [0.15, 0.2) is 0 Å². The van der Waals surface area contributed by atoms with E-state index in [0.717, 1.165) is 25.4 Å². The minimum Gasteiger partial charge on any atom is -0.316 e. The zero-order valence-corrected chi connectivity index (χ0v) is 12.9. The van der Waals surface area contributed by atoms with Crippen LogP contribution < -0.4 is 5.32 Å². The Labute approximate surface area is 123 Å². The van der Waals surface area contributed by atoms with Crippen LogP contribution in [-0.4, -0.2) is 13.1 Å². The van der Waals surface area contributed by atoms with Gasteiger partial charge in [-0.15, -0.1) is 0 Å². The molecular formula is C18H28FN. The van der Waals surface area contributed by atoms with Crippen molar-refractivity contribution in [1.29, 1.82) is 0 Å². The molecule has 0 bridgehead atoms. The number of rotatable bonds is 7. The largest absolute Gasteiger partial charge is 0.316 e. The lowest BCUT2D eigenvalue weighted by Gasteiger charge is -2.25. The van der Waals surface area contributed by atoms with Gasteiger partial charge in [0.1, 0.15) is 5.82 Å². The molecule has 1 fully saturated rings. The van der Waals surface area contributed by atoms with E-state index in [1.165, 1.54) is 43.2 Å². The maximum absolute atomic E-state index is 13.5. The van der Waals surface area contributed by atoms with Gasteiger partial charge >= 0.3 is 0 Å². The van der Waals surface area contributed by atoms with E-state index in [1.54, 1.807) is 12.1 Å². The van der Waals surface area contributed by atoms with Crippen molar-refractivity contribution in [3.8, 4) is 0 Å². The van der Waals surface area contributed by atoms with Gasteiger partial charge in [0.2, 0.25) is 0 Å². The second-order valence-corrected chi connectivity index (χ2v) is 6.28. The van der Waals surface area contributed by atoms with Gasteiger partial charge in [0, 0.05) is 0 Å². The van der Waals surface area contributed by atoms with Crippen LogP contribution in [0.25, 0.3) is 0 Å². The molecule has 112 valence electrons. The lowest BCUT2D eigenvalue weighted by Crippen LogP contribution is -2.29. The summed E-state index contributed by atoms with van der Waals surface area (Å²) in [6.07, 6.45) is 7.65. The van der Waals surface area contributed by atoms with Crippen molar-refractivity contribution in [3.05, 3.63) is 35.1 Å². The molecule has 0 heterocycles. The van der Waals surface area contributed by atoms with E-state index in [9.17, 15) is 4.39 Å². The maximum Gasteiger partial charge on any atom is 0.123 e. The molecule has 0 radical (unpaired) electrons. The predicted octanol–water partition coefficient (Wildman–Crippen LogP) is 4.48. The standard InChI is InChI=1S/C18H28FN/c1-3-10-20-13-17(15-6-4-5-7-15)11-16-12-18(19)9-8-14(16)2/h8-9,12,15,17,20H,3-7,10-11,13H2,1-2H3. The molecule has 1 unspecified atom stereocenters. The molecule has 0 amide bonds. The van der Waals surface area contributed by atoms with E-state index in [0.29, 0.717) is 5.92 Å². The third-order valence-electron chi connectivity index (χ3n) is 4.69. The molecule has 1 aromatic carbocycles. The van der Waals surface area contributed by atoms with Crippen molar-refractivity contribution in [2.24, 2.45) is 11.8 Å². The summed E-state index contributed by atoms with van der Waals surface area (Å²) in [5.41, 5.74) is 2.42. The first kappa shape index (κ1) is 15.5. The summed E-state index contributed by atoms with van der Waals surface area (Å²) in [5.74, 6) is 1.38. The third kappa shape index (κ3) is 4.31. The number of aryl methyl sites for hydroxylation is 1. The molecule has 0 aliphatic heterocycles. The van der Waals surface area contributed by atoms with Crippen LogP contribution in [-0.2, 0) is 6.42 Å². The minimum absolute atomic E-state index is 0.0997. The molecule has 2 heteroatoms. The summed E-state index contributed by atoms with van der Waals surface area (Å²) in [7, 11) is 0. The van der Waals surface area contributed by atoms with E-state index in [4.69, 9.17) is 0 Å². The highest BCUT2D eigenvalue weighted by Gasteiger charge is 2.25. The Morgan fingerprint density at radius 2 is 2.05 bits per heavy atom. The molecule has 1 saturated carbocycles. The molecular weight excluding hydrogens is 249 g/mol. The number of benzene rings is 1. The number of hydrogen-bond donors (Lipinski definition) is 1. The second kappa shape index (κ2) is 7.78. The molecule has 0 aromatic heterocycles. The Kier molecular flexibility index (Phi) is 6.03. The lowest BCUT2D eigenvalue weighted by molar-refractivity contribution is 0.320. The van der Waals surface area contributed by atoms with Gasteiger partial charge in [0.05, 0.1) is 0 Å². The van der Waals surface area contributed by atoms with Gasteiger partial charge < -0.3 is 5.32 Å². The van der Waals surface area contributed by atoms with Gasteiger partial charge in [-0.25, -0.2) is 4.39 Å². The van der Waals surface area contributed by atoms with E-state index >= 15 is 0 Å². The summed E-state index contributed by atoms with van der Waals surface area (Å²) >= 11 is 0. The zero-order chi connectivity index (χ0) is 14.4. The average molecular weight is 277 g/mol. The first-order valence-electron chi connectivity index (χ1n) is 8.16. The van der Waals surface area contributed by atoms with Crippen molar-refractivity contribution in [1.82, 2.24) is 5.32 Å². The van der Waals surface area contributed by atoms with Crippen molar-refractivity contribution in [3.63, 3.8) is 0 Å². The lowest BCUT2D eigenvalue weighted by atomic mass is 9.84. The second-order valence-electron chi connectivity index (χ2n) is 6.28. The van der Waals surface area contributed by atoms with Crippen LogP contribution >= 0.6 is 0 Å². The van der Waals surface area contributed by atoms with Crippen LogP contribution in [0.1, 0.15) is 50.2 Å². The van der Waals surface area contributed by atoms with E-state index in [2.05, 4.69) is 19.2 Å². The highest BCUT2D eigenvalue weighted by Crippen LogP contribution is 2.33. The maximum atomic E-state index is 13.5. The van der Waals surface area contributed by atoms with Crippen molar-refractivity contribution in [2.45, 2.75) is 52.4 Å². The fraction of sp³-hybridized carbons (Fsp3) is 0.667. The Bertz CT molecular complexity index is 410.